The number of aromatic nitrogens is 5. The number of benzene rings is 3. The van der Waals surface area contributed by atoms with Crippen LogP contribution in [0, 0.1) is 0 Å². The molecule has 1 N–H and O–H groups in total. The number of ether oxygens (including phenoxy) is 1. The summed E-state index contributed by atoms with van der Waals surface area (Å²) in [5.41, 5.74) is 4.06. The van der Waals surface area contributed by atoms with Crippen LogP contribution in [-0.4, -0.2) is 25.6 Å². The van der Waals surface area contributed by atoms with E-state index in [1.807, 2.05) is 48.5 Å². The van der Waals surface area contributed by atoms with Crippen molar-refractivity contribution in [3.63, 3.8) is 0 Å². The van der Waals surface area contributed by atoms with Gasteiger partial charge in [-0.05, 0) is 52.4 Å². The first-order valence-electron chi connectivity index (χ1n) is 9.87. The maximum atomic E-state index is 6.00. The molecule has 152 valence electrons. The minimum absolute atomic E-state index is 0.439. The standard InChI is InChI=1S/C24H19N5OS/c1-2-10-23-18(6-1)11-12-20(25-23)15-30-21-8-3-5-17(13-21)16-31-22-9-4-7-19(14-22)24-26-28-29-27-24/h1-14H,15-16H2,(H,26,27,28,29). The Kier molecular flexibility index (Phi) is 5.58. The zero-order valence-corrected chi connectivity index (χ0v) is 17.4. The van der Waals surface area contributed by atoms with Crippen molar-refractivity contribution in [3.8, 4) is 17.1 Å². The highest BCUT2D eigenvalue weighted by molar-refractivity contribution is 7.98. The number of fused-ring (bicyclic) bond motifs is 1. The number of nitrogens with one attached hydrogen (secondary N) is 1. The summed E-state index contributed by atoms with van der Waals surface area (Å²) < 4.78 is 6.00. The van der Waals surface area contributed by atoms with Gasteiger partial charge in [-0.25, -0.2) is 10.1 Å². The minimum Gasteiger partial charge on any atom is -0.487 e. The molecule has 7 heteroatoms. The molecule has 0 saturated carbocycles. The third-order valence-corrected chi connectivity index (χ3v) is 5.86. The normalized spacial score (nSPS) is 11.0. The molecule has 5 rings (SSSR count). The molecule has 5 aromatic rings. The lowest BCUT2D eigenvalue weighted by molar-refractivity contribution is 0.301. The van der Waals surface area contributed by atoms with Gasteiger partial charge < -0.3 is 4.74 Å². The van der Waals surface area contributed by atoms with E-state index >= 15 is 0 Å². The van der Waals surface area contributed by atoms with E-state index in [9.17, 15) is 0 Å². The van der Waals surface area contributed by atoms with E-state index in [1.54, 1.807) is 11.8 Å². The van der Waals surface area contributed by atoms with Gasteiger partial charge in [-0.2, -0.15) is 0 Å². The first-order chi connectivity index (χ1) is 15.3. The Labute approximate surface area is 183 Å². The van der Waals surface area contributed by atoms with Crippen molar-refractivity contribution in [1.29, 1.82) is 0 Å². The lowest BCUT2D eigenvalue weighted by atomic mass is 10.2. The number of aromatic amines is 1. The molecule has 0 atom stereocenters. The van der Waals surface area contributed by atoms with Crippen molar-refractivity contribution in [2.75, 3.05) is 0 Å². The Morgan fingerprint density at radius 1 is 0.871 bits per heavy atom. The molecule has 0 aliphatic heterocycles. The third-order valence-electron chi connectivity index (χ3n) is 4.80. The lowest BCUT2D eigenvalue weighted by Crippen LogP contribution is -1.98. The molecule has 0 saturated heterocycles. The molecule has 0 spiro atoms. The smallest absolute Gasteiger partial charge is 0.179 e. The summed E-state index contributed by atoms with van der Waals surface area (Å²) in [6.45, 7) is 0.439. The van der Waals surface area contributed by atoms with Gasteiger partial charge in [0.25, 0.3) is 0 Å². The predicted molar refractivity (Wildman–Crippen MR) is 122 cm³/mol. The van der Waals surface area contributed by atoms with Crippen LogP contribution in [0.2, 0.25) is 0 Å². The van der Waals surface area contributed by atoms with Gasteiger partial charge in [-0.15, -0.1) is 16.9 Å². The van der Waals surface area contributed by atoms with E-state index in [0.717, 1.165) is 38.6 Å². The van der Waals surface area contributed by atoms with E-state index in [0.29, 0.717) is 12.4 Å². The highest BCUT2D eigenvalue weighted by atomic mass is 32.2. The molecule has 0 aliphatic rings. The van der Waals surface area contributed by atoms with E-state index < -0.39 is 0 Å². The second-order valence-electron chi connectivity index (χ2n) is 7.00. The number of hydrogen-bond acceptors (Lipinski definition) is 6. The zero-order valence-electron chi connectivity index (χ0n) is 16.6. The Hall–Kier alpha value is -3.71. The van der Waals surface area contributed by atoms with Gasteiger partial charge in [-0.1, -0.05) is 48.5 Å². The summed E-state index contributed by atoms with van der Waals surface area (Å²) in [5, 5.41) is 15.2. The molecular weight excluding hydrogens is 406 g/mol. The number of nitrogens with zero attached hydrogens (tertiary/aromatic N) is 4. The van der Waals surface area contributed by atoms with Crippen LogP contribution in [0.25, 0.3) is 22.3 Å². The van der Waals surface area contributed by atoms with Crippen LogP contribution in [0.15, 0.2) is 89.8 Å². The first kappa shape index (κ1) is 19.3. The molecule has 2 heterocycles. The monoisotopic (exact) mass is 425 g/mol. The Balaban J connectivity index is 1.22. The van der Waals surface area contributed by atoms with Gasteiger partial charge in [0.15, 0.2) is 5.82 Å². The number of rotatable bonds is 7. The highest BCUT2D eigenvalue weighted by Crippen LogP contribution is 2.27. The van der Waals surface area contributed by atoms with E-state index in [4.69, 9.17) is 4.74 Å². The van der Waals surface area contributed by atoms with Crippen LogP contribution >= 0.6 is 11.8 Å². The molecule has 3 aromatic carbocycles. The van der Waals surface area contributed by atoms with Crippen molar-refractivity contribution >= 4 is 22.7 Å². The van der Waals surface area contributed by atoms with Crippen LogP contribution in [0.3, 0.4) is 0 Å². The van der Waals surface area contributed by atoms with Crippen LogP contribution in [-0.2, 0) is 12.4 Å². The molecule has 0 radical (unpaired) electrons. The van der Waals surface area contributed by atoms with Crippen molar-refractivity contribution in [2.45, 2.75) is 17.3 Å². The maximum Gasteiger partial charge on any atom is 0.179 e. The van der Waals surface area contributed by atoms with E-state index in [2.05, 4.69) is 62.0 Å². The molecule has 6 nitrogen and oxygen atoms in total. The van der Waals surface area contributed by atoms with E-state index in [-0.39, 0.29) is 0 Å². The van der Waals surface area contributed by atoms with E-state index in [1.165, 1.54) is 5.56 Å². The lowest BCUT2D eigenvalue weighted by Gasteiger charge is -2.09. The SMILES string of the molecule is c1cc(CSc2cccc(-c3nnn[nH]3)c2)cc(OCc2ccc3ccccc3n2)c1. The van der Waals surface area contributed by atoms with Gasteiger partial charge in [0.05, 0.1) is 11.2 Å². The predicted octanol–water partition coefficient (Wildman–Crippen LogP) is 5.29. The molecular formula is C24H19N5OS. The number of para-hydroxylation sites is 1. The fraction of sp³-hybridized carbons (Fsp3) is 0.0833. The second-order valence-corrected chi connectivity index (χ2v) is 8.05. The summed E-state index contributed by atoms with van der Waals surface area (Å²) in [6.07, 6.45) is 0. The molecule has 0 bridgehead atoms. The topological polar surface area (TPSA) is 76.6 Å². The van der Waals surface area contributed by atoms with Crippen molar-refractivity contribution in [2.24, 2.45) is 0 Å². The highest BCUT2D eigenvalue weighted by Gasteiger charge is 2.05. The molecule has 0 unspecified atom stereocenters. The molecule has 0 amide bonds. The number of pyridine rings is 1. The number of hydrogen-bond donors (Lipinski definition) is 1. The Morgan fingerprint density at radius 2 is 1.81 bits per heavy atom. The number of tetrazole rings is 1. The van der Waals surface area contributed by atoms with Crippen LogP contribution in [0.4, 0.5) is 0 Å². The quantitative estimate of drug-likeness (QED) is 0.357. The summed E-state index contributed by atoms with van der Waals surface area (Å²) in [4.78, 5) is 5.83. The third kappa shape index (κ3) is 4.73. The summed E-state index contributed by atoms with van der Waals surface area (Å²) in [6, 6.07) is 28.6. The second kappa shape index (κ2) is 8.97. The fourth-order valence-electron chi connectivity index (χ4n) is 3.25. The first-order valence-corrected chi connectivity index (χ1v) is 10.9. The van der Waals surface area contributed by atoms with Gasteiger partial charge in [0, 0.05) is 21.6 Å². The van der Waals surface area contributed by atoms with Gasteiger partial charge in [0.1, 0.15) is 12.4 Å². The van der Waals surface area contributed by atoms with Crippen LogP contribution < -0.4 is 4.74 Å². The van der Waals surface area contributed by atoms with Crippen LogP contribution in [0.1, 0.15) is 11.3 Å². The zero-order chi connectivity index (χ0) is 20.9. The summed E-state index contributed by atoms with van der Waals surface area (Å²) in [7, 11) is 0. The van der Waals surface area contributed by atoms with Gasteiger partial charge >= 0.3 is 0 Å². The molecule has 0 aliphatic carbocycles. The molecule has 0 fully saturated rings. The minimum atomic E-state index is 0.439. The molecule has 2 aromatic heterocycles. The molecule has 31 heavy (non-hydrogen) atoms. The van der Waals surface area contributed by atoms with Gasteiger partial charge in [-0.3, -0.25) is 0 Å². The average Bonchev–Trinajstić information content (AvgIpc) is 3.37. The summed E-state index contributed by atoms with van der Waals surface area (Å²) >= 11 is 1.76. The fourth-order valence-corrected chi connectivity index (χ4v) is 4.15. The average molecular weight is 426 g/mol. The number of thioether (sulfide) groups is 1. The summed E-state index contributed by atoms with van der Waals surface area (Å²) in [5.74, 6) is 2.35. The Bertz CT molecular complexity index is 1310. The maximum absolute atomic E-state index is 6.00. The van der Waals surface area contributed by atoms with Gasteiger partial charge in [0.2, 0.25) is 0 Å². The van der Waals surface area contributed by atoms with Crippen molar-refractivity contribution in [3.05, 3.63) is 96.2 Å². The number of H-pyrrole nitrogens is 1. The largest absolute Gasteiger partial charge is 0.487 e. The van der Waals surface area contributed by atoms with Crippen molar-refractivity contribution < 1.29 is 4.74 Å². The van der Waals surface area contributed by atoms with Crippen LogP contribution in [0.5, 0.6) is 5.75 Å². The van der Waals surface area contributed by atoms with Crippen molar-refractivity contribution in [1.82, 2.24) is 25.6 Å². The Morgan fingerprint density at radius 3 is 2.74 bits per heavy atom.